The minimum Gasteiger partial charge on any atom is -0.477 e. The number of benzene rings is 1. The van der Waals surface area contributed by atoms with Gasteiger partial charge in [0.05, 0.1) is 0 Å². The van der Waals surface area contributed by atoms with E-state index >= 15 is 0 Å². The van der Waals surface area contributed by atoms with Gasteiger partial charge in [0.15, 0.2) is 0 Å². The highest BCUT2D eigenvalue weighted by Gasteiger charge is 2.15. The fourth-order valence-electron chi connectivity index (χ4n) is 1.90. The third kappa shape index (κ3) is 1.50. The molecule has 0 unspecified atom stereocenters. The van der Waals surface area contributed by atoms with Crippen LogP contribution in [0.5, 0.6) is 0 Å². The summed E-state index contributed by atoms with van der Waals surface area (Å²) in [6.45, 7) is 3.97. The van der Waals surface area contributed by atoms with Gasteiger partial charge in [-0.3, -0.25) is 0 Å². The fraction of sp³-hybridized carbons (Fsp3) is 0.250. The van der Waals surface area contributed by atoms with Crippen molar-refractivity contribution in [2.45, 2.75) is 19.9 Å². The molecule has 0 fully saturated rings. The first-order valence-electron chi connectivity index (χ1n) is 4.94. The highest BCUT2D eigenvalue weighted by Crippen LogP contribution is 2.23. The highest BCUT2D eigenvalue weighted by molar-refractivity contribution is 5.94. The molecule has 0 saturated heterocycles. The van der Waals surface area contributed by atoms with Gasteiger partial charge >= 0.3 is 5.97 Å². The van der Waals surface area contributed by atoms with Crippen LogP contribution in [0, 0.1) is 0 Å². The van der Waals surface area contributed by atoms with Crippen LogP contribution in [0.3, 0.4) is 0 Å². The van der Waals surface area contributed by atoms with E-state index in [0.29, 0.717) is 5.69 Å². The van der Waals surface area contributed by atoms with E-state index in [4.69, 9.17) is 5.11 Å². The molecule has 15 heavy (non-hydrogen) atoms. The predicted octanol–water partition coefficient (Wildman–Crippen LogP) is 2.92. The number of aromatic carboxylic acids is 1. The molecule has 3 nitrogen and oxygen atoms in total. The molecule has 1 heterocycles. The van der Waals surface area contributed by atoms with Crippen molar-refractivity contribution in [3.63, 3.8) is 0 Å². The number of carboxylic acids is 1. The summed E-state index contributed by atoms with van der Waals surface area (Å²) in [6.07, 6.45) is 0. The average Bonchev–Trinajstić information content (AvgIpc) is 2.56. The van der Waals surface area contributed by atoms with Gasteiger partial charge in [0.2, 0.25) is 0 Å². The molecule has 2 aromatic rings. The van der Waals surface area contributed by atoms with E-state index in [1.54, 1.807) is 6.07 Å². The minimum absolute atomic E-state index is 0.149. The molecule has 1 aromatic heterocycles. The van der Waals surface area contributed by atoms with Gasteiger partial charge in [-0.1, -0.05) is 18.2 Å². The Labute approximate surface area is 87.9 Å². The van der Waals surface area contributed by atoms with Crippen LogP contribution >= 0.6 is 0 Å². The lowest BCUT2D eigenvalue weighted by atomic mass is 10.2. The number of hydrogen-bond donors (Lipinski definition) is 1. The minimum atomic E-state index is -0.875. The van der Waals surface area contributed by atoms with Crippen molar-refractivity contribution in [2.75, 3.05) is 0 Å². The smallest absolute Gasteiger partial charge is 0.352 e. The van der Waals surface area contributed by atoms with Crippen molar-refractivity contribution in [3.05, 3.63) is 36.0 Å². The quantitative estimate of drug-likeness (QED) is 0.815. The van der Waals surface area contributed by atoms with Gasteiger partial charge in [-0.05, 0) is 26.0 Å². The van der Waals surface area contributed by atoms with E-state index in [-0.39, 0.29) is 6.04 Å². The Kier molecular flexibility index (Phi) is 2.23. The van der Waals surface area contributed by atoms with E-state index < -0.39 is 5.97 Å². The van der Waals surface area contributed by atoms with Gasteiger partial charge in [-0.25, -0.2) is 4.79 Å². The summed E-state index contributed by atoms with van der Waals surface area (Å²) in [5.74, 6) is -0.875. The van der Waals surface area contributed by atoms with E-state index in [1.165, 1.54) is 0 Å². The van der Waals surface area contributed by atoms with E-state index in [0.717, 1.165) is 10.9 Å². The van der Waals surface area contributed by atoms with Crippen LogP contribution in [0.15, 0.2) is 30.3 Å². The van der Waals surface area contributed by atoms with Gasteiger partial charge < -0.3 is 9.67 Å². The molecule has 1 aromatic carbocycles. The predicted molar refractivity (Wildman–Crippen MR) is 59.3 cm³/mol. The maximum atomic E-state index is 11.1. The average molecular weight is 203 g/mol. The maximum absolute atomic E-state index is 11.1. The molecule has 0 aliphatic rings. The van der Waals surface area contributed by atoms with Crippen molar-refractivity contribution in [1.82, 2.24) is 4.57 Å². The van der Waals surface area contributed by atoms with Gasteiger partial charge in [0.25, 0.3) is 0 Å². The van der Waals surface area contributed by atoms with E-state index in [9.17, 15) is 4.79 Å². The Morgan fingerprint density at radius 3 is 2.60 bits per heavy atom. The molecule has 0 radical (unpaired) electrons. The van der Waals surface area contributed by atoms with Crippen LogP contribution in [0.25, 0.3) is 10.9 Å². The zero-order valence-corrected chi connectivity index (χ0v) is 8.77. The Morgan fingerprint density at radius 1 is 1.33 bits per heavy atom. The fourth-order valence-corrected chi connectivity index (χ4v) is 1.90. The number of hydrogen-bond acceptors (Lipinski definition) is 1. The molecule has 0 bridgehead atoms. The third-order valence-corrected chi connectivity index (χ3v) is 2.48. The molecule has 0 amide bonds. The van der Waals surface area contributed by atoms with Gasteiger partial charge in [0, 0.05) is 16.9 Å². The van der Waals surface area contributed by atoms with Crippen LogP contribution in [0.2, 0.25) is 0 Å². The van der Waals surface area contributed by atoms with Crippen LogP contribution in [-0.2, 0) is 0 Å². The van der Waals surface area contributed by atoms with Crippen molar-refractivity contribution >= 4 is 16.9 Å². The topological polar surface area (TPSA) is 42.2 Å². The molecule has 0 aliphatic carbocycles. The molecular weight excluding hydrogens is 190 g/mol. The molecule has 0 spiro atoms. The second-order valence-electron chi connectivity index (χ2n) is 3.86. The summed E-state index contributed by atoms with van der Waals surface area (Å²) < 4.78 is 1.84. The Hall–Kier alpha value is -1.77. The molecule has 0 atom stereocenters. The SMILES string of the molecule is CC(C)n1c(C(=O)O)cc2ccccc21. The number of rotatable bonds is 2. The maximum Gasteiger partial charge on any atom is 0.352 e. The summed E-state index contributed by atoms with van der Waals surface area (Å²) in [6, 6.07) is 9.59. The van der Waals surface area contributed by atoms with Gasteiger partial charge in [-0.2, -0.15) is 0 Å². The molecule has 0 saturated carbocycles. The third-order valence-electron chi connectivity index (χ3n) is 2.48. The summed E-state index contributed by atoms with van der Waals surface area (Å²) in [7, 11) is 0. The Morgan fingerprint density at radius 2 is 2.00 bits per heavy atom. The first-order chi connectivity index (χ1) is 7.11. The Bertz CT molecular complexity index is 511. The van der Waals surface area contributed by atoms with Gasteiger partial charge in [0.1, 0.15) is 5.69 Å². The van der Waals surface area contributed by atoms with Crippen molar-refractivity contribution in [1.29, 1.82) is 0 Å². The molecular formula is C12H13NO2. The molecule has 78 valence electrons. The van der Waals surface area contributed by atoms with Crippen LogP contribution in [0.1, 0.15) is 30.4 Å². The monoisotopic (exact) mass is 203 g/mol. The normalized spacial score (nSPS) is 11.1. The van der Waals surface area contributed by atoms with Crippen molar-refractivity contribution < 1.29 is 9.90 Å². The number of para-hydroxylation sites is 1. The summed E-state index contributed by atoms with van der Waals surface area (Å²) in [5.41, 5.74) is 1.33. The van der Waals surface area contributed by atoms with Crippen LogP contribution in [0.4, 0.5) is 0 Å². The van der Waals surface area contributed by atoms with E-state index in [1.807, 2.05) is 42.7 Å². The molecule has 0 aliphatic heterocycles. The lowest BCUT2D eigenvalue weighted by Gasteiger charge is -2.11. The molecule has 3 heteroatoms. The number of aromatic nitrogens is 1. The molecule has 2 rings (SSSR count). The Balaban J connectivity index is 2.80. The standard InChI is InChI=1S/C12H13NO2/c1-8(2)13-10-6-4-3-5-9(10)7-11(13)12(14)15/h3-8H,1-2H3,(H,14,15). The summed E-state index contributed by atoms with van der Waals surface area (Å²) in [5, 5.41) is 10.1. The summed E-state index contributed by atoms with van der Waals surface area (Å²) >= 11 is 0. The highest BCUT2D eigenvalue weighted by atomic mass is 16.4. The van der Waals surface area contributed by atoms with E-state index in [2.05, 4.69) is 0 Å². The van der Waals surface area contributed by atoms with Crippen LogP contribution in [-0.4, -0.2) is 15.6 Å². The lowest BCUT2D eigenvalue weighted by Crippen LogP contribution is -2.10. The van der Waals surface area contributed by atoms with Gasteiger partial charge in [-0.15, -0.1) is 0 Å². The second-order valence-corrected chi connectivity index (χ2v) is 3.86. The second kappa shape index (κ2) is 3.42. The lowest BCUT2D eigenvalue weighted by molar-refractivity contribution is 0.0684. The number of fused-ring (bicyclic) bond motifs is 1. The van der Waals surface area contributed by atoms with Crippen LogP contribution < -0.4 is 0 Å². The molecule has 1 N–H and O–H groups in total. The first-order valence-corrected chi connectivity index (χ1v) is 4.94. The zero-order valence-electron chi connectivity index (χ0n) is 8.77. The van der Waals surface area contributed by atoms with Crippen molar-refractivity contribution in [3.8, 4) is 0 Å². The number of nitrogens with zero attached hydrogens (tertiary/aromatic N) is 1. The first kappa shape index (κ1) is 9.77. The number of carboxylic acid groups (broad SMARTS) is 1. The number of carbonyl (C=O) groups is 1. The van der Waals surface area contributed by atoms with Crippen molar-refractivity contribution in [2.24, 2.45) is 0 Å². The largest absolute Gasteiger partial charge is 0.477 e. The zero-order chi connectivity index (χ0) is 11.0. The summed E-state index contributed by atoms with van der Waals surface area (Å²) in [4.78, 5) is 11.1.